The summed E-state index contributed by atoms with van der Waals surface area (Å²) in [5, 5.41) is 0. The van der Waals surface area contributed by atoms with Gasteiger partial charge in [0.2, 0.25) is 0 Å². The van der Waals surface area contributed by atoms with Crippen LogP contribution in [0.2, 0.25) is 0 Å². The second-order valence-electron chi connectivity index (χ2n) is 5.15. The summed E-state index contributed by atoms with van der Waals surface area (Å²) < 4.78 is 0.875. The van der Waals surface area contributed by atoms with Crippen LogP contribution in [0, 0.1) is 6.92 Å². The Hall–Kier alpha value is -1.16. The van der Waals surface area contributed by atoms with Crippen molar-refractivity contribution >= 4 is 27.6 Å². The maximum atomic E-state index is 12.5. The quantitative estimate of drug-likeness (QED) is 0.800. The molecule has 1 aromatic rings. The lowest BCUT2D eigenvalue weighted by molar-refractivity contribution is -0.123. The highest BCUT2D eigenvalue weighted by molar-refractivity contribution is 9.10. The third kappa shape index (κ3) is 2.09. The Bertz CT molecular complexity index is 523. The molecule has 1 heterocycles. The lowest BCUT2D eigenvalue weighted by atomic mass is 9.99. The normalized spacial score (nSPS) is 18.2. The molecule has 0 atom stereocenters. The van der Waals surface area contributed by atoms with E-state index < -0.39 is 5.54 Å². The van der Waals surface area contributed by atoms with Gasteiger partial charge in [-0.3, -0.25) is 9.59 Å². The van der Waals surface area contributed by atoms with E-state index >= 15 is 0 Å². The zero-order valence-corrected chi connectivity index (χ0v) is 12.4. The Labute approximate surface area is 115 Å². The van der Waals surface area contributed by atoms with Crippen LogP contribution >= 0.6 is 15.9 Å². The van der Waals surface area contributed by atoms with Crippen molar-refractivity contribution in [3.63, 3.8) is 0 Å². The van der Waals surface area contributed by atoms with Gasteiger partial charge in [0.1, 0.15) is 0 Å². The van der Waals surface area contributed by atoms with Crippen molar-refractivity contribution in [2.45, 2.75) is 32.7 Å². The van der Waals surface area contributed by atoms with Crippen LogP contribution in [-0.4, -0.2) is 28.7 Å². The van der Waals surface area contributed by atoms with Crippen LogP contribution in [-0.2, 0) is 4.79 Å². The van der Waals surface area contributed by atoms with Gasteiger partial charge < -0.3 is 4.90 Å². The smallest absolute Gasteiger partial charge is 0.254 e. The standard InChI is InChI=1S/C14H16BrNO2/c1-9-4-5-10(15)8-11(9)13(18)16-7-6-12(17)14(16,2)3/h4-5,8H,6-7H2,1-3H3. The summed E-state index contributed by atoms with van der Waals surface area (Å²) >= 11 is 3.38. The topological polar surface area (TPSA) is 37.4 Å². The Balaban J connectivity index is 2.38. The second-order valence-corrected chi connectivity index (χ2v) is 6.06. The fourth-order valence-electron chi connectivity index (χ4n) is 2.27. The molecular weight excluding hydrogens is 294 g/mol. The monoisotopic (exact) mass is 309 g/mol. The van der Waals surface area contributed by atoms with Crippen LogP contribution in [0.1, 0.15) is 36.2 Å². The minimum absolute atomic E-state index is 0.0651. The van der Waals surface area contributed by atoms with Gasteiger partial charge in [0.25, 0.3) is 5.91 Å². The molecular formula is C14H16BrNO2. The van der Waals surface area contributed by atoms with E-state index in [-0.39, 0.29) is 11.7 Å². The molecule has 0 bridgehead atoms. The van der Waals surface area contributed by atoms with Crippen LogP contribution in [0.15, 0.2) is 22.7 Å². The van der Waals surface area contributed by atoms with E-state index in [0.717, 1.165) is 10.0 Å². The molecule has 2 rings (SSSR count). The summed E-state index contributed by atoms with van der Waals surface area (Å²) in [4.78, 5) is 26.0. The molecule has 0 aliphatic carbocycles. The first kappa shape index (κ1) is 13.3. The van der Waals surface area contributed by atoms with E-state index in [9.17, 15) is 9.59 Å². The number of likely N-dealkylation sites (tertiary alicyclic amines) is 1. The summed E-state index contributed by atoms with van der Waals surface area (Å²) in [6.07, 6.45) is 0.450. The summed E-state index contributed by atoms with van der Waals surface area (Å²) in [6.45, 7) is 6.04. The van der Waals surface area contributed by atoms with Crippen molar-refractivity contribution in [2.75, 3.05) is 6.54 Å². The van der Waals surface area contributed by atoms with Crippen LogP contribution in [0.4, 0.5) is 0 Å². The molecule has 1 fully saturated rings. The minimum Gasteiger partial charge on any atom is -0.326 e. The van der Waals surface area contributed by atoms with Gasteiger partial charge in [0.15, 0.2) is 5.78 Å². The molecule has 0 aromatic heterocycles. The van der Waals surface area contributed by atoms with Gasteiger partial charge >= 0.3 is 0 Å². The predicted molar refractivity (Wildman–Crippen MR) is 73.6 cm³/mol. The maximum Gasteiger partial charge on any atom is 0.254 e. The van der Waals surface area contributed by atoms with Crippen molar-refractivity contribution < 1.29 is 9.59 Å². The Morgan fingerprint density at radius 1 is 1.39 bits per heavy atom. The lowest BCUT2D eigenvalue weighted by Gasteiger charge is -2.30. The number of rotatable bonds is 1. The first-order valence-corrected chi connectivity index (χ1v) is 6.75. The summed E-state index contributed by atoms with van der Waals surface area (Å²) in [5.41, 5.74) is 0.900. The second kappa shape index (κ2) is 4.50. The molecule has 18 heavy (non-hydrogen) atoms. The number of halogens is 1. The third-order valence-corrected chi connectivity index (χ3v) is 4.09. The van der Waals surface area contributed by atoms with Crippen LogP contribution in [0.25, 0.3) is 0 Å². The fraction of sp³-hybridized carbons (Fsp3) is 0.429. The number of hydrogen-bond donors (Lipinski definition) is 0. The molecule has 1 aromatic carbocycles. The average molecular weight is 310 g/mol. The molecule has 0 unspecified atom stereocenters. The minimum atomic E-state index is -0.689. The van der Waals surface area contributed by atoms with Crippen LogP contribution in [0.5, 0.6) is 0 Å². The van der Waals surface area contributed by atoms with Crippen LogP contribution < -0.4 is 0 Å². The fourth-order valence-corrected chi connectivity index (χ4v) is 2.64. The Morgan fingerprint density at radius 3 is 2.61 bits per heavy atom. The van der Waals surface area contributed by atoms with Gasteiger partial charge in [-0.25, -0.2) is 0 Å². The number of ketones is 1. The zero-order valence-electron chi connectivity index (χ0n) is 10.8. The van der Waals surface area contributed by atoms with Gasteiger partial charge in [0, 0.05) is 23.0 Å². The molecule has 4 heteroatoms. The number of aryl methyl sites for hydroxylation is 1. The highest BCUT2D eigenvalue weighted by Crippen LogP contribution is 2.28. The number of nitrogens with zero attached hydrogens (tertiary/aromatic N) is 1. The van der Waals surface area contributed by atoms with Crippen molar-refractivity contribution in [2.24, 2.45) is 0 Å². The zero-order chi connectivity index (χ0) is 13.5. The molecule has 0 spiro atoms. The first-order chi connectivity index (χ1) is 8.34. The van der Waals surface area contributed by atoms with Gasteiger partial charge in [-0.05, 0) is 38.5 Å². The summed E-state index contributed by atoms with van der Waals surface area (Å²) in [5.74, 6) is 0.0631. The average Bonchev–Trinajstić information content (AvgIpc) is 2.57. The first-order valence-electron chi connectivity index (χ1n) is 5.95. The molecule has 0 saturated carbocycles. The number of carbonyl (C=O) groups is 2. The molecule has 1 saturated heterocycles. The van der Waals surface area contributed by atoms with Gasteiger partial charge in [-0.1, -0.05) is 22.0 Å². The van der Waals surface area contributed by atoms with E-state index in [1.807, 2.05) is 39.0 Å². The number of carbonyl (C=O) groups excluding carboxylic acids is 2. The molecule has 0 radical (unpaired) electrons. The molecule has 1 aliphatic rings. The van der Waals surface area contributed by atoms with E-state index in [1.165, 1.54) is 0 Å². The van der Waals surface area contributed by atoms with Crippen molar-refractivity contribution in [3.05, 3.63) is 33.8 Å². The van der Waals surface area contributed by atoms with Crippen molar-refractivity contribution in [1.29, 1.82) is 0 Å². The third-order valence-electron chi connectivity index (χ3n) is 3.59. The molecule has 1 amide bonds. The van der Waals surface area contributed by atoms with Crippen molar-refractivity contribution in [3.8, 4) is 0 Å². The van der Waals surface area contributed by atoms with E-state index in [1.54, 1.807) is 4.90 Å². The van der Waals surface area contributed by atoms with E-state index in [0.29, 0.717) is 18.5 Å². The van der Waals surface area contributed by atoms with E-state index in [4.69, 9.17) is 0 Å². The van der Waals surface area contributed by atoms with Gasteiger partial charge in [-0.15, -0.1) is 0 Å². The Kier molecular flexibility index (Phi) is 3.32. The predicted octanol–water partition coefficient (Wildman–Crippen LogP) is 2.95. The molecule has 1 aliphatic heterocycles. The number of amides is 1. The largest absolute Gasteiger partial charge is 0.326 e. The maximum absolute atomic E-state index is 12.5. The lowest BCUT2D eigenvalue weighted by Crippen LogP contribution is -2.46. The number of Topliss-reactive ketones (excluding diaryl/α,β-unsaturated/α-hetero) is 1. The highest BCUT2D eigenvalue weighted by atomic mass is 79.9. The van der Waals surface area contributed by atoms with Crippen molar-refractivity contribution in [1.82, 2.24) is 4.90 Å². The number of hydrogen-bond acceptors (Lipinski definition) is 2. The highest BCUT2D eigenvalue weighted by Gasteiger charge is 2.43. The van der Waals surface area contributed by atoms with Crippen LogP contribution in [0.3, 0.4) is 0 Å². The van der Waals surface area contributed by atoms with E-state index in [2.05, 4.69) is 15.9 Å². The summed E-state index contributed by atoms with van der Waals surface area (Å²) in [6, 6.07) is 5.63. The number of benzene rings is 1. The Morgan fingerprint density at radius 2 is 2.06 bits per heavy atom. The molecule has 0 N–H and O–H groups in total. The van der Waals surface area contributed by atoms with Gasteiger partial charge in [-0.2, -0.15) is 0 Å². The SMILES string of the molecule is Cc1ccc(Br)cc1C(=O)N1CCC(=O)C1(C)C. The van der Waals surface area contributed by atoms with Gasteiger partial charge in [0.05, 0.1) is 5.54 Å². The molecule has 96 valence electrons. The molecule has 3 nitrogen and oxygen atoms in total. The summed E-state index contributed by atoms with van der Waals surface area (Å²) in [7, 11) is 0.